The van der Waals surface area contributed by atoms with Crippen LogP contribution in [0.2, 0.25) is 18.1 Å². The summed E-state index contributed by atoms with van der Waals surface area (Å²) in [6, 6.07) is 3.84. The van der Waals surface area contributed by atoms with Crippen LogP contribution in [0.3, 0.4) is 0 Å². The minimum Gasteiger partial charge on any atom is -0.377 e. The lowest BCUT2D eigenvalue weighted by molar-refractivity contribution is 0.157. The van der Waals surface area contributed by atoms with E-state index in [1.165, 1.54) is 69.5 Å². The van der Waals surface area contributed by atoms with E-state index in [1.54, 1.807) is 0 Å². The third-order valence-corrected chi connectivity index (χ3v) is 9.67. The van der Waals surface area contributed by atoms with E-state index in [4.69, 9.17) is 15.8 Å². The molecule has 0 heterocycles. The van der Waals surface area contributed by atoms with Crippen LogP contribution in [-0.4, -0.2) is 20.6 Å². The molecule has 3 heteroatoms. The van der Waals surface area contributed by atoms with Gasteiger partial charge in [0.05, 0.1) is 6.61 Å². The summed E-state index contributed by atoms with van der Waals surface area (Å²) in [7, 11) is -1.56. The number of unbranched alkanes of at least 4 members (excludes halogenated alkanes) is 6. The molecule has 0 saturated carbocycles. The second kappa shape index (κ2) is 14.8. The van der Waals surface area contributed by atoms with Crippen molar-refractivity contribution in [3.05, 3.63) is 12.2 Å². The van der Waals surface area contributed by atoms with Gasteiger partial charge in [-0.3, -0.25) is 0 Å². The summed E-state index contributed by atoms with van der Waals surface area (Å²) in [6.45, 7) is 12.0. The van der Waals surface area contributed by atoms with Crippen LogP contribution in [-0.2, 0) is 4.74 Å². The molecule has 0 unspecified atom stereocenters. The fourth-order valence-electron chi connectivity index (χ4n) is 2.85. The average molecular weight is 347 g/mol. The highest BCUT2D eigenvalue weighted by Gasteiger charge is 2.29. The Morgan fingerprint density at radius 2 is 1.36 bits per heavy atom. The largest absolute Gasteiger partial charge is 0.377 e. The molecule has 0 radical (unpaired) electrons. The molecule has 132 valence electrons. The zero-order valence-corrected chi connectivity index (χ0v) is 17.1. The maximum Gasteiger partial charge on any atom is 0.156 e. The molecular weight excluding hydrogens is 308 g/mol. The summed E-state index contributed by atoms with van der Waals surface area (Å²) in [5, 5.41) is 0. The first-order valence-corrected chi connectivity index (χ1v) is 13.1. The van der Waals surface area contributed by atoms with Crippen molar-refractivity contribution < 1.29 is 4.74 Å². The maximum atomic E-state index is 7.10. The zero-order valence-electron chi connectivity index (χ0n) is 15.4. The lowest BCUT2D eigenvalue weighted by Crippen LogP contribution is -2.27. The van der Waals surface area contributed by atoms with E-state index in [0.29, 0.717) is 6.61 Å². The Morgan fingerprint density at radius 1 is 0.864 bits per heavy atom. The molecule has 22 heavy (non-hydrogen) atoms. The molecular formula is C19H39ClOSi. The van der Waals surface area contributed by atoms with Gasteiger partial charge in [-0.05, 0) is 31.5 Å². The van der Waals surface area contributed by atoms with E-state index < -0.39 is 7.38 Å². The monoisotopic (exact) mass is 346 g/mol. The summed E-state index contributed by atoms with van der Waals surface area (Å²) in [5.41, 5.74) is 1.11. The first-order valence-electron chi connectivity index (χ1n) is 9.45. The number of ether oxygens (including phenoxy) is 1. The minimum absolute atomic E-state index is 0.698. The van der Waals surface area contributed by atoms with Crippen molar-refractivity contribution in [2.45, 2.75) is 96.7 Å². The van der Waals surface area contributed by atoms with Crippen LogP contribution in [0.25, 0.3) is 0 Å². The first-order chi connectivity index (χ1) is 10.5. The second-order valence-corrected chi connectivity index (χ2v) is 13.1. The van der Waals surface area contributed by atoms with Gasteiger partial charge in [0, 0.05) is 6.61 Å². The van der Waals surface area contributed by atoms with Crippen LogP contribution in [0.4, 0.5) is 0 Å². The standard InChI is InChI=1S/C19H39ClOSi/c1-5-7-9-11-15-22(20,16-12-10-8-6-2)17-13-14-21-18-19(3)4/h3,5-18H2,1-2,4H3. The van der Waals surface area contributed by atoms with Crippen molar-refractivity contribution in [2.24, 2.45) is 0 Å². The van der Waals surface area contributed by atoms with Crippen LogP contribution in [0.1, 0.15) is 78.6 Å². The van der Waals surface area contributed by atoms with Crippen molar-refractivity contribution in [2.75, 3.05) is 13.2 Å². The summed E-state index contributed by atoms with van der Waals surface area (Å²) >= 11 is 7.10. The van der Waals surface area contributed by atoms with Crippen molar-refractivity contribution >= 4 is 18.5 Å². The Hall–Kier alpha value is 0.207. The first kappa shape index (κ1) is 22.2. The van der Waals surface area contributed by atoms with E-state index in [1.807, 2.05) is 6.92 Å². The van der Waals surface area contributed by atoms with Crippen LogP contribution in [0.5, 0.6) is 0 Å². The molecule has 0 spiro atoms. The predicted octanol–water partition coefficient (Wildman–Crippen LogP) is 7.31. The summed E-state index contributed by atoms with van der Waals surface area (Å²) < 4.78 is 5.64. The number of hydrogen-bond donors (Lipinski definition) is 0. The van der Waals surface area contributed by atoms with Crippen molar-refractivity contribution in [3.8, 4) is 0 Å². The van der Waals surface area contributed by atoms with Gasteiger partial charge in [0.15, 0.2) is 7.38 Å². The fourth-order valence-corrected chi connectivity index (χ4v) is 7.35. The number of halogens is 1. The molecule has 0 fully saturated rings. The lowest BCUT2D eigenvalue weighted by Gasteiger charge is -2.25. The Morgan fingerprint density at radius 3 is 1.82 bits per heavy atom. The number of rotatable bonds is 16. The van der Waals surface area contributed by atoms with Crippen molar-refractivity contribution in [1.82, 2.24) is 0 Å². The topological polar surface area (TPSA) is 9.23 Å². The molecule has 0 aromatic rings. The molecule has 0 bridgehead atoms. The fraction of sp³-hybridized carbons (Fsp3) is 0.895. The molecule has 0 aliphatic carbocycles. The van der Waals surface area contributed by atoms with E-state index in [0.717, 1.165) is 18.6 Å². The predicted molar refractivity (Wildman–Crippen MR) is 105 cm³/mol. The smallest absolute Gasteiger partial charge is 0.156 e. The van der Waals surface area contributed by atoms with Gasteiger partial charge in [-0.1, -0.05) is 77.4 Å². The molecule has 1 nitrogen and oxygen atoms in total. The summed E-state index contributed by atoms with van der Waals surface area (Å²) in [4.78, 5) is 0. The molecule has 0 atom stereocenters. The molecule has 0 N–H and O–H groups in total. The van der Waals surface area contributed by atoms with Gasteiger partial charge in [-0.15, -0.1) is 0 Å². The van der Waals surface area contributed by atoms with Gasteiger partial charge >= 0.3 is 0 Å². The van der Waals surface area contributed by atoms with E-state index in [9.17, 15) is 0 Å². The van der Waals surface area contributed by atoms with Crippen LogP contribution >= 0.6 is 11.1 Å². The zero-order chi connectivity index (χ0) is 16.7. The van der Waals surface area contributed by atoms with Gasteiger partial charge in [0.1, 0.15) is 0 Å². The second-order valence-electron chi connectivity index (χ2n) is 6.89. The Labute approximate surface area is 145 Å². The highest BCUT2D eigenvalue weighted by atomic mass is 35.6. The normalized spacial score (nSPS) is 11.8. The molecule has 0 aromatic heterocycles. The SMILES string of the molecule is C=C(C)COCCC[Si](Cl)(CCCCCC)CCCCCC. The maximum absolute atomic E-state index is 7.10. The quantitative estimate of drug-likeness (QED) is 0.123. The van der Waals surface area contributed by atoms with E-state index in [2.05, 4.69) is 20.4 Å². The Kier molecular flexibility index (Phi) is 14.9. The van der Waals surface area contributed by atoms with Crippen molar-refractivity contribution in [1.29, 1.82) is 0 Å². The van der Waals surface area contributed by atoms with Gasteiger partial charge in [-0.25, -0.2) is 0 Å². The number of hydrogen-bond acceptors (Lipinski definition) is 1. The molecule has 0 saturated heterocycles. The molecule has 0 aromatic carbocycles. The minimum atomic E-state index is -1.56. The summed E-state index contributed by atoms with van der Waals surface area (Å²) in [5.74, 6) is 0. The third kappa shape index (κ3) is 13.8. The van der Waals surface area contributed by atoms with Crippen molar-refractivity contribution in [3.63, 3.8) is 0 Å². The molecule has 0 aliphatic heterocycles. The average Bonchev–Trinajstić information content (AvgIpc) is 2.48. The van der Waals surface area contributed by atoms with Gasteiger partial charge in [0.25, 0.3) is 0 Å². The van der Waals surface area contributed by atoms with Crippen LogP contribution in [0, 0.1) is 0 Å². The van der Waals surface area contributed by atoms with Gasteiger partial charge < -0.3 is 4.74 Å². The van der Waals surface area contributed by atoms with E-state index in [-0.39, 0.29) is 0 Å². The highest BCUT2D eigenvalue weighted by molar-refractivity contribution is 7.20. The van der Waals surface area contributed by atoms with Gasteiger partial charge in [-0.2, -0.15) is 11.1 Å². The summed E-state index contributed by atoms with van der Waals surface area (Å²) in [6.07, 6.45) is 11.9. The molecule has 0 rings (SSSR count). The van der Waals surface area contributed by atoms with Crippen LogP contribution in [0.15, 0.2) is 12.2 Å². The third-order valence-electron chi connectivity index (χ3n) is 4.22. The van der Waals surface area contributed by atoms with Crippen LogP contribution < -0.4 is 0 Å². The van der Waals surface area contributed by atoms with E-state index >= 15 is 0 Å². The Balaban J connectivity index is 4.04. The molecule has 0 amide bonds. The highest BCUT2D eigenvalue weighted by Crippen LogP contribution is 2.32. The Bertz CT molecular complexity index is 256. The lowest BCUT2D eigenvalue weighted by atomic mass is 10.2. The van der Waals surface area contributed by atoms with Gasteiger partial charge in [0.2, 0.25) is 0 Å². The molecule has 0 aliphatic rings.